The second-order valence-electron chi connectivity index (χ2n) is 12.1. The number of carbonyl (C=O) groups is 4. The van der Waals surface area contributed by atoms with E-state index in [1.807, 2.05) is 59.3 Å². The molecular formula is C37H34N6O8. The molecule has 4 amide bonds. The van der Waals surface area contributed by atoms with Crippen molar-refractivity contribution < 1.29 is 38.5 Å². The number of aromatic nitrogens is 3. The van der Waals surface area contributed by atoms with E-state index in [1.54, 1.807) is 37.6 Å². The first kappa shape index (κ1) is 33.2. The molecule has 2 aliphatic rings. The molecule has 51 heavy (non-hydrogen) atoms. The minimum absolute atomic E-state index is 0.0561. The number of hydrogen-bond acceptors (Lipinski definition) is 9. The molecule has 7 rings (SSSR count). The van der Waals surface area contributed by atoms with E-state index in [-0.39, 0.29) is 57.0 Å². The van der Waals surface area contributed by atoms with Crippen LogP contribution in [-0.2, 0) is 20.9 Å². The normalized spacial score (nSPS) is 15.5. The van der Waals surface area contributed by atoms with Gasteiger partial charge in [-0.25, -0.2) is 14.8 Å². The summed E-state index contributed by atoms with van der Waals surface area (Å²) in [7, 11) is 1.62. The third-order valence-corrected chi connectivity index (χ3v) is 8.88. The van der Waals surface area contributed by atoms with Gasteiger partial charge >= 0.3 is 6.09 Å². The molecule has 2 aromatic carbocycles. The van der Waals surface area contributed by atoms with Gasteiger partial charge in [-0.2, -0.15) is 0 Å². The number of imide groups is 1. The first-order valence-electron chi connectivity index (χ1n) is 16.4. The van der Waals surface area contributed by atoms with E-state index < -0.39 is 18.0 Å². The quantitative estimate of drug-likeness (QED) is 0.142. The number of nitrogens with one attached hydrogen (secondary N) is 1. The lowest BCUT2D eigenvalue weighted by Gasteiger charge is -2.29. The fourth-order valence-electron chi connectivity index (χ4n) is 6.24. The average molecular weight is 691 g/mol. The molecule has 1 fully saturated rings. The Labute approximate surface area is 292 Å². The van der Waals surface area contributed by atoms with Gasteiger partial charge in [0.25, 0.3) is 5.91 Å². The molecule has 3 aromatic heterocycles. The number of carboxylic acid groups (broad SMARTS) is 1. The molecule has 0 bridgehead atoms. The number of amides is 4. The lowest BCUT2D eigenvalue weighted by molar-refractivity contribution is -0.136. The first-order valence-corrected chi connectivity index (χ1v) is 16.4. The zero-order chi connectivity index (χ0) is 35.5. The number of pyridine rings is 2. The van der Waals surface area contributed by atoms with Crippen molar-refractivity contribution in [2.45, 2.75) is 25.4 Å². The fourth-order valence-corrected chi connectivity index (χ4v) is 6.24. The highest BCUT2D eigenvalue weighted by Gasteiger charge is 2.39. The molecule has 5 aromatic rings. The summed E-state index contributed by atoms with van der Waals surface area (Å²) in [6.45, 7) is 0.815. The van der Waals surface area contributed by atoms with Crippen molar-refractivity contribution >= 4 is 35.3 Å². The van der Waals surface area contributed by atoms with Gasteiger partial charge in [0, 0.05) is 36.5 Å². The maximum absolute atomic E-state index is 12.9. The first-order chi connectivity index (χ1) is 24.8. The van der Waals surface area contributed by atoms with Gasteiger partial charge in [0.15, 0.2) is 0 Å². The number of benzene rings is 2. The highest BCUT2D eigenvalue weighted by Crippen LogP contribution is 2.31. The smallest absolute Gasteiger partial charge is 0.413 e. The highest BCUT2D eigenvalue weighted by atomic mass is 16.5. The van der Waals surface area contributed by atoms with E-state index in [1.165, 1.54) is 4.90 Å². The van der Waals surface area contributed by atoms with Crippen LogP contribution in [-0.4, -0.2) is 87.7 Å². The number of nitrogens with zero attached hydrogens (tertiary/aromatic N) is 5. The minimum Gasteiger partial charge on any atom is -0.495 e. The number of rotatable bonds is 12. The summed E-state index contributed by atoms with van der Waals surface area (Å²) in [5.74, 6) is 0.505. The predicted molar refractivity (Wildman–Crippen MR) is 185 cm³/mol. The second-order valence-corrected chi connectivity index (χ2v) is 12.1. The summed E-state index contributed by atoms with van der Waals surface area (Å²) in [4.78, 5) is 60.5. The van der Waals surface area contributed by atoms with Crippen LogP contribution < -0.4 is 19.7 Å². The Bertz CT molecular complexity index is 2130. The van der Waals surface area contributed by atoms with Gasteiger partial charge in [-0.1, -0.05) is 24.3 Å². The van der Waals surface area contributed by atoms with Crippen molar-refractivity contribution in [1.82, 2.24) is 24.6 Å². The zero-order valence-corrected chi connectivity index (χ0v) is 27.7. The molecule has 5 heterocycles. The number of methoxy groups -OCH3 is 1. The standard InChI is InChI=1S/C37H34N6O8/c1-49-28-7-10-32-39-30(22-41(32)21-28)24-4-2-23(3-5-24)25-12-13-38-33(19-25)42(37(47)48)14-15-50-16-17-51-27-6-8-29-26(18-27)20-43(36(29)46)31-9-11-34(44)40-35(31)45/h2-8,10,12-13,18-19,21-22,31H,9,11,14-17,20H2,1H3,(H,47,48)(H,40,44,45). The molecule has 1 atom stereocenters. The van der Waals surface area contributed by atoms with E-state index in [4.69, 9.17) is 14.2 Å². The monoisotopic (exact) mass is 690 g/mol. The van der Waals surface area contributed by atoms with Crippen LogP contribution in [0.25, 0.3) is 28.0 Å². The molecule has 0 spiro atoms. The summed E-state index contributed by atoms with van der Waals surface area (Å²) in [5, 5.41) is 12.2. The summed E-state index contributed by atoms with van der Waals surface area (Å²) in [5.41, 5.74) is 5.49. The van der Waals surface area contributed by atoms with Gasteiger partial charge < -0.3 is 28.6 Å². The number of anilines is 1. The van der Waals surface area contributed by atoms with Crippen LogP contribution in [0.2, 0.25) is 0 Å². The Morgan fingerprint density at radius 2 is 1.75 bits per heavy atom. The molecule has 0 saturated carbocycles. The summed E-state index contributed by atoms with van der Waals surface area (Å²) < 4.78 is 18.7. The zero-order valence-electron chi connectivity index (χ0n) is 27.7. The molecular weight excluding hydrogens is 656 g/mol. The number of piperidine rings is 1. The van der Waals surface area contributed by atoms with Crippen LogP contribution in [0.15, 0.2) is 85.3 Å². The van der Waals surface area contributed by atoms with E-state index in [0.29, 0.717) is 17.7 Å². The summed E-state index contributed by atoms with van der Waals surface area (Å²) in [6.07, 6.45) is 4.71. The average Bonchev–Trinajstić information content (AvgIpc) is 3.71. The maximum Gasteiger partial charge on any atom is 0.413 e. The molecule has 14 heteroatoms. The molecule has 2 aliphatic heterocycles. The molecule has 1 saturated heterocycles. The van der Waals surface area contributed by atoms with E-state index in [0.717, 1.165) is 44.2 Å². The van der Waals surface area contributed by atoms with Crippen molar-refractivity contribution in [3.05, 3.63) is 96.4 Å². The predicted octanol–water partition coefficient (Wildman–Crippen LogP) is 4.41. The Hall–Kier alpha value is -6.28. The number of fused-ring (bicyclic) bond motifs is 2. The van der Waals surface area contributed by atoms with Gasteiger partial charge in [0.2, 0.25) is 11.8 Å². The molecule has 14 nitrogen and oxygen atoms in total. The third-order valence-electron chi connectivity index (χ3n) is 8.88. The topological polar surface area (TPSA) is 165 Å². The Morgan fingerprint density at radius 1 is 0.941 bits per heavy atom. The van der Waals surface area contributed by atoms with Crippen molar-refractivity contribution in [2.75, 3.05) is 38.4 Å². The van der Waals surface area contributed by atoms with Crippen LogP contribution in [0.5, 0.6) is 11.5 Å². The SMILES string of the molecule is COc1ccc2nc(-c3ccc(-c4ccnc(N(CCOCCOc5ccc6c(c5)CN(C5CCC(=O)NC5=O)C6=O)C(=O)O)c4)cc3)cn2c1. The van der Waals surface area contributed by atoms with E-state index in [2.05, 4.69) is 15.3 Å². The van der Waals surface area contributed by atoms with Gasteiger partial charge in [-0.3, -0.25) is 24.6 Å². The van der Waals surface area contributed by atoms with Crippen molar-refractivity contribution in [1.29, 1.82) is 0 Å². The second kappa shape index (κ2) is 14.3. The number of carbonyl (C=O) groups excluding carboxylic acids is 3. The van der Waals surface area contributed by atoms with Crippen LogP contribution >= 0.6 is 0 Å². The summed E-state index contributed by atoms with van der Waals surface area (Å²) in [6, 6.07) is 19.6. The summed E-state index contributed by atoms with van der Waals surface area (Å²) >= 11 is 0. The molecule has 2 N–H and O–H groups in total. The lowest BCUT2D eigenvalue weighted by Crippen LogP contribution is -2.52. The lowest BCUT2D eigenvalue weighted by atomic mass is 10.0. The largest absolute Gasteiger partial charge is 0.495 e. The van der Waals surface area contributed by atoms with E-state index in [9.17, 15) is 24.3 Å². The van der Waals surface area contributed by atoms with Gasteiger partial charge in [0.05, 0.1) is 38.8 Å². The number of imidazole rings is 1. The number of ether oxygens (including phenoxy) is 3. The van der Waals surface area contributed by atoms with E-state index >= 15 is 0 Å². The fraction of sp³-hybridized carbons (Fsp3) is 0.243. The van der Waals surface area contributed by atoms with Gasteiger partial charge in [0.1, 0.15) is 35.6 Å². The molecule has 1 unspecified atom stereocenters. The minimum atomic E-state index is -1.16. The van der Waals surface area contributed by atoms with Gasteiger partial charge in [-0.15, -0.1) is 0 Å². The van der Waals surface area contributed by atoms with Crippen LogP contribution in [0.4, 0.5) is 10.6 Å². The Morgan fingerprint density at radius 3 is 2.53 bits per heavy atom. The molecule has 0 aliphatic carbocycles. The van der Waals surface area contributed by atoms with Crippen molar-refractivity contribution in [2.24, 2.45) is 0 Å². The Balaban J connectivity index is 0.908. The molecule has 260 valence electrons. The van der Waals surface area contributed by atoms with Crippen molar-refractivity contribution in [3.63, 3.8) is 0 Å². The van der Waals surface area contributed by atoms with Crippen LogP contribution in [0.1, 0.15) is 28.8 Å². The maximum atomic E-state index is 12.9. The molecule has 0 radical (unpaired) electrons. The highest BCUT2D eigenvalue weighted by molar-refractivity contribution is 6.05. The van der Waals surface area contributed by atoms with Gasteiger partial charge in [-0.05, 0) is 65.6 Å². The van der Waals surface area contributed by atoms with Crippen molar-refractivity contribution in [3.8, 4) is 33.9 Å². The third kappa shape index (κ3) is 7.07. The van der Waals surface area contributed by atoms with Crippen LogP contribution in [0.3, 0.4) is 0 Å². The van der Waals surface area contributed by atoms with Crippen LogP contribution in [0, 0.1) is 0 Å². The Kier molecular flexibility index (Phi) is 9.31. The number of hydrogen-bond donors (Lipinski definition) is 2.